The Morgan fingerprint density at radius 3 is 2.38 bits per heavy atom. The predicted octanol–water partition coefficient (Wildman–Crippen LogP) is 3.84. The van der Waals surface area contributed by atoms with Crippen molar-refractivity contribution in [3.05, 3.63) is 62.1 Å². The Morgan fingerprint density at radius 1 is 1.10 bits per heavy atom. The average Bonchev–Trinajstić information content (AvgIpc) is 2.47. The van der Waals surface area contributed by atoms with Crippen LogP contribution in [0.2, 0.25) is 0 Å². The molecule has 2 aromatic rings. The molecule has 0 radical (unpaired) electrons. The fourth-order valence-electron chi connectivity index (χ4n) is 1.73. The molecule has 0 amide bonds. The molecule has 0 atom stereocenters. The maximum atomic E-state index is 10.9. The fraction of sp³-hybridized carbons (Fsp3) is 0. The van der Waals surface area contributed by atoms with Crippen LogP contribution in [0.4, 0.5) is 17.1 Å². The van der Waals surface area contributed by atoms with Crippen LogP contribution in [0.1, 0.15) is 11.1 Å². The molecular weight excluding hydrogens is 336 g/mol. The van der Waals surface area contributed by atoms with E-state index in [1.165, 1.54) is 12.1 Å². The van der Waals surface area contributed by atoms with Gasteiger partial charge in [-0.25, -0.2) is 0 Å². The van der Waals surface area contributed by atoms with E-state index in [2.05, 4.69) is 21.2 Å². The summed E-state index contributed by atoms with van der Waals surface area (Å²) in [5, 5.41) is 31.8. The second-order valence-electron chi connectivity index (χ2n) is 4.03. The second kappa shape index (κ2) is 6.04. The Hall–Kier alpha value is -2.90. The van der Waals surface area contributed by atoms with Crippen LogP contribution in [0.15, 0.2) is 40.9 Å². The lowest BCUT2D eigenvalue weighted by Gasteiger charge is -2.09. The molecule has 0 aromatic heterocycles. The molecule has 0 heterocycles. The Labute approximate surface area is 128 Å². The van der Waals surface area contributed by atoms with Gasteiger partial charge in [-0.05, 0) is 30.3 Å². The van der Waals surface area contributed by atoms with Crippen LogP contribution in [-0.4, -0.2) is 4.92 Å². The molecule has 0 unspecified atom stereocenters. The predicted molar refractivity (Wildman–Crippen MR) is 80.0 cm³/mol. The largest absolute Gasteiger partial charge is 0.354 e. The average molecular weight is 343 g/mol. The molecular formula is C14H7BrN4O2. The Bertz CT molecular complexity index is 806. The van der Waals surface area contributed by atoms with Crippen LogP contribution in [0.25, 0.3) is 0 Å². The minimum absolute atomic E-state index is 0.0136. The van der Waals surface area contributed by atoms with Crippen LogP contribution in [-0.2, 0) is 0 Å². The topological polar surface area (TPSA) is 103 Å². The summed E-state index contributed by atoms with van der Waals surface area (Å²) in [7, 11) is 0. The highest BCUT2D eigenvalue weighted by Crippen LogP contribution is 2.28. The van der Waals surface area contributed by atoms with Gasteiger partial charge in [0.05, 0.1) is 16.2 Å². The first-order chi connectivity index (χ1) is 10.0. The third-order valence-electron chi connectivity index (χ3n) is 2.70. The molecule has 0 saturated carbocycles. The summed E-state index contributed by atoms with van der Waals surface area (Å²) in [6, 6.07) is 13.0. The van der Waals surface area contributed by atoms with Crippen molar-refractivity contribution < 1.29 is 4.92 Å². The van der Waals surface area contributed by atoms with Crippen LogP contribution < -0.4 is 5.32 Å². The van der Waals surface area contributed by atoms with Gasteiger partial charge in [0.25, 0.3) is 5.69 Å². The number of nitro benzene ring substituents is 1. The number of nitro groups is 1. The Morgan fingerprint density at radius 2 is 1.76 bits per heavy atom. The summed E-state index contributed by atoms with van der Waals surface area (Å²) >= 11 is 3.30. The molecule has 0 fully saturated rings. The molecule has 21 heavy (non-hydrogen) atoms. The normalized spacial score (nSPS) is 9.48. The molecule has 0 aliphatic carbocycles. The van der Waals surface area contributed by atoms with Crippen LogP contribution >= 0.6 is 15.9 Å². The van der Waals surface area contributed by atoms with Gasteiger partial charge < -0.3 is 5.32 Å². The molecule has 2 rings (SSSR count). The van der Waals surface area contributed by atoms with Gasteiger partial charge in [-0.3, -0.25) is 10.1 Å². The number of hydrogen-bond acceptors (Lipinski definition) is 5. The van der Waals surface area contributed by atoms with Gasteiger partial charge in [0.15, 0.2) is 0 Å². The second-order valence-corrected chi connectivity index (χ2v) is 4.94. The van der Waals surface area contributed by atoms with Gasteiger partial charge in [-0.1, -0.05) is 15.9 Å². The van der Waals surface area contributed by atoms with E-state index >= 15 is 0 Å². The Kier molecular flexibility index (Phi) is 4.17. The minimum atomic E-state index is -0.615. The van der Waals surface area contributed by atoms with Crippen molar-refractivity contribution in [2.24, 2.45) is 0 Å². The number of nitriles is 2. The first-order valence-electron chi connectivity index (χ1n) is 5.70. The molecule has 2 aromatic carbocycles. The summed E-state index contributed by atoms with van der Waals surface area (Å²) in [5.74, 6) is 0. The fourth-order valence-corrected chi connectivity index (χ4v) is 2.09. The summed E-state index contributed by atoms with van der Waals surface area (Å²) in [4.78, 5) is 10.3. The number of benzene rings is 2. The zero-order chi connectivity index (χ0) is 15.4. The third-order valence-corrected chi connectivity index (χ3v) is 3.19. The Balaban J connectivity index is 2.44. The van der Waals surface area contributed by atoms with E-state index in [0.717, 1.165) is 4.47 Å². The van der Waals surface area contributed by atoms with Gasteiger partial charge in [-0.2, -0.15) is 10.5 Å². The van der Waals surface area contributed by atoms with Gasteiger partial charge in [0.1, 0.15) is 17.7 Å². The molecule has 0 saturated heterocycles. The SMILES string of the molecule is N#Cc1ccc(Br)cc1Nc1ccc(C#N)c([N+](=O)[O-])c1. The molecule has 6 nitrogen and oxygen atoms in total. The third kappa shape index (κ3) is 3.16. The van der Waals surface area contributed by atoms with Gasteiger partial charge in [0.2, 0.25) is 0 Å². The first-order valence-corrected chi connectivity index (χ1v) is 6.49. The van der Waals surface area contributed by atoms with Crippen molar-refractivity contribution in [3.63, 3.8) is 0 Å². The van der Waals surface area contributed by atoms with Crippen molar-refractivity contribution in [3.8, 4) is 12.1 Å². The molecule has 1 N–H and O–H groups in total. The van der Waals surface area contributed by atoms with E-state index in [9.17, 15) is 10.1 Å². The molecule has 0 spiro atoms. The van der Waals surface area contributed by atoms with E-state index < -0.39 is 4.92 Å². The number of anilines is 2. The zero-order valence-electron chi connectivity index (χ0n) is 10.5. The number of rotatable bonds is 3. The van der Waals surface area contributed by atoms with Gasteiger partial charge in [0, 0.05) is 16.2 Å². The maximum absolute atomic E-state index is 10.9. The molecule has 102 valence electrons. The first kappa shape index (κ1) is 14.5. The van der Waals surface area contributed by atoms with Gasteiger partial charge in [-0.15, -0.1) is 0 Å². The number of hydrogen-bond donors (Lipinski definition) is 1. The zero-order valence-corrected chi connectivity index (χ0v) is 12.1. The van der Waals surface area contributed by atoms with E-state index in [1.807, 2.05) is 6.07 Å². The van der Waals surface area contributed by atoms with Crippen molar-refractivity contribution in [2.45, 2.75) is 0 Å². The molecule has 0 aliphatic heterocycles. The maximum Gasteiger partial charge on any atom is 0.289 e. The number of halogens is 1. The highest BCUT2D eigenvalue weighted by Gasteiger charge is 2.14. The molecule has 7 heteroatoms. The van der Waals surface area contributed by atoms with Crippen LogP contribution in [0.5, 0.6) is 0 Å². The van der Waals surface area contributed by atoms with E-state index in [0.29, 0.717) is 16.9 Å². The molecule has 0 bridgehead atoms. The highest BCUT2D eigenvalue weighted by molar-refractivity contribution is 9.10. The van der Waals surface area contributed by atoms with Crippen molar-refractivity contribution in [1.82, 2.24) is 0 Å². The van der Waals surface area contributed by atoms with Gasteiger partial charge >= 0.3 is 0 Å². The summed E-state index contributed by atoms with van der Waals surface area (Å²) in [5.41, 5.74) is 1.06. The summed E-state index contributed by atoms with van der Waals surface area (Å²) in [6.07, 6.45) is 0. The monoisotopic (exact) mass is 342 g/mol. The lowest BCUT2D eigenvalue weighted by molar-refractivity contribution is -0.385. The lowest BCUT2D eigenvalue weighted by Crippen LogP contribution is -1.97. The molecule has 0 aliphatic rings. The van der Waals surface area contributed by atoms with Crippen LogP contribution in [0.3, 0.4) is 0 Å². The quantitative estimate of drug-likeness (QED) is 0.674. The van der Waals surface area contributed by atoms with E-state index in [1.54, 1.807) is 30.3 Å². The van der Waals surface area contributed by atoms with Crippen molar-refractivity contribution >= 4 is 33.0 Å². The number of nitrogens with one attached hydrogen (secondary N) is 1. The minimum Gasteiger partial charge on any atom is -0.354 e. The van der Waals surface area contributed by atoms with E-state index in [-0.39, 0.29) is 11.3 Å². The van der Waals surface area contributed by atoms with E-state index in [4.69, 9.17) is 10.5 Å². The highest BCUT2D eigenvalue weighted by atomic mass is 79.9. The van der Waals surface area contributed by atoms with Crippen LogP contribution in [0, 0.1) is 32.8 Å². The smallest absolute Gasteiger partial charge is 0.289 e. The van der Waals surface area contributed by atoms with Crippen molar-refractivity contribution in [1.29, 1.82) is 10.5 Å². The standard InChI is InChI=1S/C14H7BrN4O2/c15-11-3-1-9(7-16)13(5-11)18-12-4-2-10(8-17)14(6-12)19(20)21/h1-6,18H. The summed E-state index contributed by atoms with van der Waals surface area (Å²) < 4.78 is 0.771. The lowest BCUT2D eigenvalue weighted by atomic mass is 10.1. The van der Waals surface area contributed by atoms with Crippen molar-refractivity contribution in [2.75, 3.05) is 5.32 Å². The summed E-state index contributed by atoms with van der Waals surface area (Å²) in [6.45, 7) is 0. The number of nitrogens with zero attached hydrogens (tertiary/aromatic N) is 3.